The molecule has 4 heteroatoms. The van der Waals surface area contributed by atoms with Crippen molar-refractivity contribution in [2.75, 3.05) is 11.1 Å². The molecule has 0 unspecified atom stereocenters. The van der Waals surface area contributed by atoms with Gasteiger partial charge in [0.25, 0.3) is 0 Å². The third kappa shape index (κ3) is 2.50. The second-order valence-corrected chi connectivity index (χ2v) is 4.19. The topological polar surface area (TPSA) is 38.0 Å². The van der Waals surface area contributed by atoms with Crippen LogP contribution in [0.5, 0.6) is 0 Å². The van der Waals surface area contributed by atoms with Gasteiger partial charge in [-0.1, -0.05) is 17.7 Å². The summed E-state index contributed by atoms with van der Waals surface area (Å²) in [6, 6.07) is 9.88. The first kappa shape index (κ1) is 11.7. The van der Waals surface area contributed by atoms with E-state index in [1.807, 2.05) is 13.0 Å². The van der Waals surface area contributed by atoms with E-state index in [-0.39, 0.29) is 5.82 Å². The number of aryl methyl sites for hydroxylation is 1. The van der Waals surface area contributed by atoms with E-state index in [0.717, 1.165) is 11.3 Å². The minimum atomic E-state index is -0.257. The van der Waals surface area contributed by atoms with Crippen molar-refractivity contribution in [1.82, 2.24) is 0 Å². The number of nitrogens with one attached hydrogen (secondary N) is 1. The number of nitrogen functional groups attached to an aromatic ring is 1. The summed E-state index contributed by atoms with van der Waals surface area (Å²) >= 11 is 5.92. The van der Waals surface area contributed by atoms with Crippen LogP contribution in [0.25, 0.3) is 0 Å². The maximum atomic E-state index is 13.0. The van der Waals surface area contributed by atoms with Crippen molar-refractivity contribution < 1.29 is 4.39 Å². The molecule has 0 aromatic heterocycles. The Balaban J connectivity index is 2.35. The van der Waals surface area contributed by atoms with Gasteiger partial charge in [-0.2, -0.15) is 0 Å². The van der Waals surface area contributed by atoms with Gasteiger partial charge in [-0.05, 0) is 42.8 Å². The van der Waals surface area contributed by atoms with Gasteiger partial charge in [-0.15, -0.1) is 0 Å². The van der Waals surface area contributed by atoms with E-state index in [2.05, 4.69) is 5.32 Å². The maximum absolute atomic E-state index is 13.0. The second kappa shape index (κ2) is 4.63. The van der Waals surface area contributed by atoms with Crippen molar-refractivity contribution in [2.45, 2.75) is 6.92 Å². The van der Waals surface area contributed by atoms with Crippen LogP contribution in [0.3, 0.4) is 0 Å². The van der Waals surface area contributed by atoms with Crippen molar-refractivity contribution in [1.29, 1.82) is 0 Å². The van der Waals surface area contributed by atoms with E-state index in [1.165, 1.54) is 12.1 Å². The SMILES string of the molecule is Cc1cc(F)ccc1Nc1cccc(Cl)c1N. The monoisotopic (exact) mass is 250 g/mol. The summed E-state index contributed by atoms with van der Waals surface area (Å²) in [5.74, 6) is -0.257. The molecule has 2 rings (SSSR count). The lowest BCUT2D eigenvalue weighted by Crippen LogP contribution is -1.98. The molecular weight excluding hydrogens is 239 g/mol. The average molecular weight is 251 g/mol. The maximum Gasteiger partial charge on any atom is 0.123 e. The highest BCUT2D eigenvalue weighted by Crippen LogP contribution is 2.30. The Labute approximate surface area is 104 Å². The normalized spacial score (nSPS) is 10.3. The first-order chi connectivity index (χ1) is 8.08. The molecular formula is C13H12ClFN2. The standard InChI is InChI=1S/C13H12ClFN2/c1-8-7-9(15)5-6-11(8)17-12-4-2-3-10(14)13(12)16/h2-7,17H,16H2,1H3. The summed E-state index contributed by atoms with van der Waals surface area (Å²) in [5, 5.41) is 3.63. The average Bonchev–Trinajstić information content (AvgIpc) is 2.28. The number of nitrogens with two attached hydrogens (primary N) is 1. The van der Waals surface area contributed by atoms with Crippen LogP contribution >= 0.6 is 11.6 Å². The van der Waals surface area contributed by atoms with Crippen molar-refractivity contribution in [2.24, 2.45) is 0 Å². The molecule has 3 N–H and O–H groups in total. The Bertz CT molecular complexity index is 555. The van der Waals surface area contributed by atoms with Crippen molar-refractivity contribution >= 4 is 28.7 Å². The van der Waals surface area contributed by atoms with E-state index < -0.39 is 0 Å². The quantitative estimate of drug-likeness (QED) is 0.787. The fraction of sp³-hybridized carbons (Fsp3) is 0.0769. The van der Waals surface area contributed by atoms with E-state index in [0.29, 0.717) is 16.4 Å². The number of hydrogen-bond acceptors (Lipinski definition) is 2. The Hall–Kier alpha value is -1.74. The van der Waals surface area contributed by atoms with E-state index in [1.54, 1.807) is 18.2 Å². The summed E-state index contributed by atoms with van der Waals surface area (Å²) in [6.07, 6.45) is 0. The first-order valence-corrected chi connectivity index (χ1v) is 5.53. The number of anilines is 3. The first-order valence-electron chi connectivity index (χ1n) is 5.15. The zero-order valence-corrected chi connectivity index (χ0v) is 10.1. The minimum Gasteiger partial charge on any atom is -0.396 e. The van der Waals surface area contributed by atoms with E-state index >= 15 is 0 Å². The predicted molar refractivity (Wildman–Crippen MR) is 70.3 cm³/mol. The van der Waals surface area contributed by atoms with Crippen LogP contribution in [0.2, 0.25) is 5.02 Å². The third-order valence-corrected chi connectivity index (χ3v) is 2.84. The molecule has 0 aliphatic carbocycles. The molecule has 0 aliphatic heterocycles. The van der Waals surface area contributed by atoms with Crippen LogP contribution in [0, 0.1) is 12.7 Å². The molecule has 0 atom stereocenters. The van der Waals surface area contributed by atoms with Gasteiger partial charge in [-0.25, -0.2) is 4.39 Å². The molecule has 0 amide bonds. The summed E-state index contributed by atoms with van der Waals surface area (Å²) in [6.45, 7) is 1.83. The van der Waals surface area contributed by atoms with Gasteiger partial charge in [0.2, 0.25) is 0 Å². The predicted octanol–water partition coefficient (Wildman–Crippen LogP) is 4.11. The molecule has 0 fully saturated rings. The number of benzene rings is 2. The number of halogens is 2. The largest absolute Gasteiger partial charge is 0.396 e. The van der Waals surface area contributed by atoms with E-state index in [4.69, 9.17) is 17.3 Å². The van der Waals surface area contributed by atoms with Crippen molar-refractivity contribution in [3.8, 4) is 0 Å². The third-order valence-electron chi connectivity index (χ3n) is 2.51. The van der Waals surface area contributed by atoms with Gasteiger partial charge in [0, 0.05) is 5.69 Å². The summed E-state index contributed by atoms with van der Waals surface area (Å²) in [7, 11) is 0. The Morgan fingerprint density at radius 2 is 1.94 bits per heavy atom. The summed E-state index contributed by atoms with van der Waals surface area (Å²) in [4.78, 5) is 0. The lowest BCUT2D eigenvalue weighted by molar-refractivity contribution is 0.627. The number of para-hydroxylation sites is 1. The fourth-order valence-electron chi connectivity index (χ4n) is 1.56. The van der Waals surface area contributed by atoms with Crippen molar-refractivity contribution in [3.05, 3.63) is 52.8 Å². The highest BCUT2D eigenvalue weighted by Gasteiger charge is 2.05. The van der Waals surface area contributed by atoms with Gasteiger partial charge in [-0.3, -0.25) is 0 Å². The summed E-state index contributed by atoms with van der Waals surface area (Å²) in [5.41, 5.74) is 8.66. The smallest absolute Gasteiger partial charge is 0.123 e. The molecule has 88 valence electrons. The lowest BCUT2D eigenvalue weighted by Gasteiger charge is -2.12. The highest BCUT2D eigenvalue weighted by atomic mass is 35.5. The van der Waals surface area contributed by atoms with Gasteiger partial charge in [0.05, 0.1) is 16.4 Å². The zero-order valence-electron chi connectivity index (χ0n) is 9.30. The number of rotatable bonds is 2. The molecule has 0 heterocycles. The molecule has 2 aromatic rings. The van der Waals surface area contributed by atoms with Gasteiger partial charge in [0.1, 0.15) is 5.82 Å². The Morgan fingerprint density at radius 3 is 2.65 bits per heavy atom. The van der Waals surface area contributed by atoms with Crippen LogP contribution in [0.4, 0.5) is 21.5 Å². The Kier molecular flexibility index (Phi) is 3.20. The molecule has 0 aliphatic rings. The van der Waals surface area contributed by atoms with Gasteiger partial charge < -0.3 is 11.1 Å². The molecule has 0 saturated heterocycles. The zero-order chi connectivity index (χ0) is 12.4. The minimum absolute atomic E-state index is 0.257. The van der Waals surface area contributed by atoms with Gasteiger partial charge >= 0.3 is 0 Å². The van der Waals surface area contributed by atoms with Crippen LogP contribution in [-0.4, -0.2) is 0 Å². The molecule has 0 bridgehead atoms. The second-order valence-electron chi connectivity index (χ2n) is 3.79. The molecule has 0 spiro atoms. The fourth-order valence-corrected chi connectivity index (χ4v) is 1.73. The Morgan fingerprint density at radius 1 is 1.18 bits per heavy atom. The van der Waals surface area contributed by atoms with E-state index in [9.17, 15) is 4.39 Å². The molecule has 17 heavy (non-hydrogen) atoms. The molecule has 2 aromatic carbocycles. The molecule has 0 radical (unpaired) electrons. The highest BCUT2D eigenvalue weighted by molar-refractivity contribution is 6.33. The van der Waals surface area contributed by atoms with Crippen LogP contribution in [-0.2, 0) is 0 Å². The molecule has 0 saturated carbocycles. The van der Waals surface area contributed by atoms with Crippen LogP contribution < -0.4 is 11.1 Å². The van der Waals surface area contributed by atoms with Crippen LogP contribution in [0.15, 0.2) is 36.4 Å². The van der Waals surface area contributed by atoms with Gasteiger partial charge in [0.15, 0.2) is 0 Å². The van der Waals surface area contributed by atoms with Crippen LogP contribution in [0.1, 0.15) is 5.56 Å². The molecule has 2 nitrogen and oxygen atoms in total. The lowest BCUT2D eigenvalue weighted by atomic mass is 10.2. The summed E-state index contributed by atoms with van der Waals surface area (Å²) < 4.78 is 13.0. The number of hydrogen-bond donors (Lipinski definition) is 2. The van der Waals surface area contributed by atoms with Crippen molar-refractivity contribution in [3.63, 3.8) is 0 Å².